The highest BCUT2D eigenvalue weighted by atomic mass is 16.4. The van der Waals surface area contributed by atoms with Crippen LogP contribution in [0.4, 0.5) is 0 Å². The van der Waals surface area contributed by atoms with Crippen molar-refractivity contribution in [3.05, 3.63) is 0 Å². The number of fused-ring (bicyclic) bond motifs is 3. The summed E-state index contributed by atoms with van der Waals surface area (Å²) in [6.07, 6.45) is 4.90. The largest absolute Gasteiger partial charge is 0.393 e. The molecule has 0 aliphatic heterocycles. The average Bonchev–Trinajstić information content (AvgIpc) is 3.32. The van der Waals surface area contributed by atoms with Crippen LogP contribution in [0.25, 0.3) is 0 Å². The van der Waals surface area contributed by atoms with Crippen molar-refractivity contribution in [3.8, 4) is 0 Å². The Balaban J connectivity index is 1.20. The molecule has 0 spiro atoms. The maximum atomic E-state index is 11.8. The summed E-state index contributed by atoms with van der Waals surface area (Å²) in [5.41, 5.74) is 3.66. The Hall–Kier alpha value is -0.320. The summed E-state index contributed by atoms with van der Waals surface area (Å²) in [6.45, 7) is 2.43. The van der Waals surface area contributed by atoms with Crippen molar-refractivity contribution < 1.29 is 35.7 Å². The first-order valence-corrected chi connectivity index (χ1v) is 16.1. The fraction of sp³-hybridized carbons (Fsp3) is 1.00. The zero-order valence-corrected chi connectivity index (χ0v) is 23.5. The summed E-state index contributed by atoms with van der Waals surface area (Å²) in [6, 6.07) is 0. The van der Waals surface area contributed by atoms with Crippen molar-refractivity contribution >= 4 is 0 Å². The van der Waals surface area contributed by atoms with Gasteiger partial charge in [0.05, 0.1) is 36.4 Å². The second-order valence-corrected chi connectivity index (χ2v) is 14.9. The van der Waals surface area contributed by atoms with E-state index < -0.39 is 60.1 Å². The molecule has 6 rings (SSSR count). The number of hydrogen-bond donors (Lipinski definition) is 8. The van der Waals surface area contributed by atoms with Gasteiger partial charge in [-0.1, -0.05) is 19.8 Å². The zero-order valence-electron chi connectivity index (χ0n) is 23.5. The lowest BCUT2D eigenvalue weighted by Crippen LogP contribution is -2.74. The quantitative estimate of drug-likeness (QED) is 0.243. The molecule has 8 heteroatoms. The summed E-state index contributed by atoms with van der Waals surface area (Å²) in [5.74, 6) is 0.968. The van der Waals surface area contributed by atoms with Crippen molar-refractivity contribution in [1.82, 2.24) is 0 Å². The van der Waals surface area contributed by atoms with Gasteiger partial charge in [-0.15, -0.1) is 0 Å². The van der Waals surface area contributed by atoms with Crippen LogP contribution in [0.15, 0.2) is 0 Å². The van der Waals surface area contributed by atoms with Crippen LogP contribution < -0.4 is 5.73 Å². The Morgan fingerprint density at radius 2 is 1.33 bits per heavy atom. The van der Waals surface area contributed by atoms with Gasteiger partial charge in [-0.3, -0.25) is 0 Å². The van der Waals surface area contributed by atoms with E-state index >= 15 is 0 Å². The van der Waals surface area contributed by atoms with Crippen LogP contribution >= 0.6 is 0 Å². The molecule has 6 aliphatic carbocycles. The van der Waals surface area contributed by atoms with E-state index in [1.807, 2.05) is 0 Å². The molecule has 0 heterocycles. The third kappa shape index (κ3) is 4.55. The Morgan fingerprint density at radius 1 is 0.667 bits per heavy atom. The number of nitrogens with two attached hydrogens (primary N) is 1. The van der Waals surface area contributed by atoms with Gasteiger partial charge in [0.1, 0.15) is 11.8 Å². The molecule has 6 fully saturated rings. The minimum absolute atomic E-state index is 0.0660. The summed E-state index contributed by atoms with van der Waals surface area (Å²) in [5, 5.41) is 78.0. The maximum Gasteiger partial charge on any atom is 0.120 e. The van der Waals surface area contributed by atoms with Gasteiger partial charge in [0.25, 0.3) is 0 Å². The topological polar surface area (TPSA) is 168 Å². The predicted octanol–water partition coefficient (Wildman–Crippen LogP) is 1.36. The van der Waals surface area contributed by atoms with Gasteiger partial charge in [-0.25, -0.2) is 0 Å². The molecule has 0 bridgehead atoms. The molecule has 0 aromatic rings. The first-order chi connectivity index (χ1) is 18.5. The van der Waals surface area contributed by atoms with Crippen molar-refractivity contribution in [2.75, 3.05) is 0 Å². The van der Waals surface area contributed by atoms with Crippen LogP contribution in [0.2, 0.25) is 0 Å². The van der Waals surface area contributed by atoms with E-state index in [2.05, 4.69) is 6.92 Å². The van der Waals surface area contributed by atoms with Gasteiger partial charge >= 0.3 is 0 Å². The summed E-state index contributed by atoms with van der Waals surface area (Å²) < 4.78 is 0. The first-order valence-electron chi connectivity index (χ1n) is 16.1. The van der Waals surface area contributed by atoms with E-state index in [0.29, 0.717) is 24.7 Å². The average molecular weight is 552 g/mol. The normalized spacial score (nSPS) is 58.7. The highest BCUT2D eigenvalue weighted by Crippen LogP contribution is 2.60. The highest BCUT2D eigenvalue weighted by Gasteiger charge is 2.67. The molecule has 16 atom stereocenters. The van der Waals surface area contributed by atoms with Crippen LogP contribution in [0.5, 0.6) is 0 Å². The van der Waals surface area contributed by atoms with E-state index in [-0.39, 0.29) is 24.2 Å². The summed E-state index contributed by atoms with van der Waals surface area (Å²) in [4.78, 5) is 0. The molecule has 0 aromatic carbocycles. The molecule has 0 amide bonds. The van der Waals surface area contributed by atoms with E-state index in [0.717, 1.165) is 30.6 Å². The highest BCUT2D eigenvalue weighted by molar-refractivity contribution is 5.16. The summed E-state index contributed by atoms with van der Waals surface area (Å²) in [7, 11) is 0. The molecule has 0 saturated heterocycles. The Labute approximate surface area is 233 Å². The molecule has 6 saturated carbocycles. The smallest absolute Gasteiger partial charge is 0.120 e. The van der Waals surface area contributed by atoms with Crippen molar-refractivity contribution in [2.45, 2.75) is 126 Å². The lowest BCUT2D eigenvalue weighted by atomic mass is 9.47. The molecular formula is C31H53NO7. The number of rotatable bonds is 3. The van der Waals surface area contributed by atoms with Gasteiger partial charge in [0, 0.05) is 11.8 Å². The van der Waals surface area contributed by atoms with Crippen LogP contribution in [-0.2, 0) is 0 Å². The van der Waals surface area contributed by atoms with Gasteiger partial charge in [-0.05, 0) is 112 Å². The Kier molecular flexibility index (Phi) is 7.93. The monoisotopic (exact) mass is 551 g/mol. The second kappa shape index (κ2) is 10.7. The number of aliphatic hydroxyl groups is 7. The van der Waals surface area contributed by atoms with Gasteiger partial charge < -0.3 is 41.5 Å². The van der Waals surface area contributed by atoms with Crippen LogP contribution in [0, 0.1) is 65.1 Å². The third-order valence-electron chi connectivity index (χ3n) is 13.4. The van der Waals surface area contributed by atoms with Crippen molar-refractivity contribution in [2.24, 2.45) is 70.8 Å². The van der Waals surface area contributed by atoms with Crippen molar-refractivity contribution in [1.29, 1.82) is 0 Å². The maximum absolute atomic E-state index is 11.8. The van der Waals surface area contributed by atoms with E-state index in [4.69, 9.17) is 5.73 Å². The van der Waals surface area contributed by atoms with E-state index in [1.54, 1.807) is 0 Å². The second-order valence-electron chi connectivity index (χ2n) is 14.9. The van der Waals surface area contributed by atoms with E-state index in [9.17, 15) is 35.7 Å². The number of aliphatic hydroxyl groups excluding tert-OH is 6. The number of hydrogen-bond acceptors (Lipinski definition) is 8. The van der Waals surface area contributed by atoms with Crippen molar-refractivity contribution in [3.63, 3.8) is 0 Å². The molecular weight excluding hydrogens is 498 g/mol. The lowest BCUT2D eigenvalue weighted by molar-refractivity contribution is -0.296. The minimum atomic E-state index is -1.98. The third-order valence-corrected chi connectivity index (χ3v) is 13.4. The molecule has 13 unspecified atom stereocenters. The lowest BCUT2D eigenvalue weighted by Gasteiger charge is -2.62. The molecule has 8 nitrogen and oxygen atoms in total. The SMILES string of the molecule is CC1CCCC1C1CCC(C2CCC(O)C3C(O)C4C(O)[C@]5(O)C(O)C(C(N)O)C(O)C[C@@H]5C[C@@H]4CC23)CC1. The summed E-state index contributed by atoms with van der Waals surface area (Å²) >= 11 is 0. The van der Waals surface area contributed by atoms with Crippen LogP contribution in [0.1, 0.15) is 84.0 Å². The molecule has 0 radical (unpaired) electrons. The standard InChI is InChI=1S/C31H53NO7/c1-14-3-2-4-19(14)15-5-7-16(8-6-15)20-9-10-22(33)25-21(20)12-17-11-18-13-23(34)26(30(32)38)29(37)31(18,39)28(36)24(17)27(25)35/h14-30,33-39H,2-13,32H2,1H3/t14?,15?,16?,17-,18+,19?,20?,21?,22?,23?,24?,25?,26?,27?,28?,29?,30?,31+/m1/s1. The van der Waals surface area contributed by atoms with Gasteiger partial charge in [0.15, 0.2) is 0 Å². The molecule has 0 aromatic heterocycles. The van der Waals surface area contributed by atoms with Gasteiger partial charge in [0.2, 0.25) is 0 Å². The molecule has 224 valence electrons. The molecule has 6 aliphatic rings. The fourth-order valence-electron chi connectivity index (χ4n) is 11.5. The van der Waals surface area contributed by atoms with Gasteiger partial charge in [-0.2, -0.15) is 0 Å². The Bertz CT molecular complexity index is 866. The minimum Gasteiger partial charge on any atom is -0.393 e. The Morgan fingerprint density at radius 3 is 1.95 bits per heavy atom. The predicted molar refractivity (Wildman–Crippen MR) is 145 cm³/mol. The molecule has 9 N–H and O–H groups in total. The van der Waals surface area contributed by atoms with Crippen LogP contribution in [-0.4, -0.2) is 78.1 Å². The first kappa shape index (κ1) is 28.8. The fourth-order valence-corrected chi connectivity index (χ4v) is 11.5. The van der Waals surface area contributed by atoms with Crippen LogP contribution in [0.3, 0.4) is 0 Å². The molecule has 39 heavy (non-hydrogen) atoms. The zero-order chi connectivity index (χ0) is 27.8. The van der Waals surface area contributed by atoms with E-state index in [1.165, 1.54) is 44.9 Å².